The highest BCUT2D eigenvalue weighted by Crippen LogP contribution is 2.38. The number of esters is 1. The Kier molecular flexibility index (Phi) is 6.90. The summed E-state index contributed by atoms with van der Waals surface area (Å²) in [6.07, 6.45) is 1.90. The molecule has 0 aliphatic heterocycles. The Bertz CT molecular complexity index is 427. The van der Waals surface area contributed by atoms with Crippen molar-refractivity contribution in [3.63, 3.8) is 0 Å². The van der Waals surface area contributed by atoms with Crippen molar-refractivity contribution in [1.29, 1.82) is 0 Å². The van der Waals surface area contributed by atoms with Gasteiger partial charge in [0.15, 0.2) is 5.60 Å². The molecule has 118 valence electrons. The molecule has 3 nitrogen and oxygen atoms in total. The molecule has 0 aliphatic rings. The van der Waals surface area contributed by atoms with E-state index in [0.717, 1.165) is 18.4 Å². The lowest BCUT2D eigenvalue weighted by atomic mass is 9.75. The van der Waals surface area contributed by atoms with Crippen LogP contribution in [0.5, 0.6) is 0 Å². The molecule has 0 spiro atoms. The van der Waals surface area contributed by atoms with Crippen molar-refractivity contribution in [2.75, 3.05) is 6.61 Å². The first kappa shape index (κ1) is 17.7. The Hall–Kier alpha value is -1.35. The Morgan fingerprint density at radius 2 is 1.86 bits per heavy atom. The average Bonchev–Trinajstić information content (AvgIpc) is 2.46. The molecular weight excluding hydrogens is 264 g/mol. The van der Waals surface area contributed by atoms with E-state index in [2.05, 4.69) is 13.8 Å². The van der Waals surface area contributed by atoms with Crippen LogP contribution >= 0.6 is 0 Å². The number of benzene rings is 1. The maximum Gasteiger partial charge on any atom is 0.338 e. The number of carbonyl (C=O) groups is 1. The normalized spacial score (nSPS) is 15.5. The van der Waals surface area contributed by atoms with Crippen molar-refractivity contribution in [1.82, 2.24) is 0 Å². The highest BCUT2D eigenvalue weighted by atomic mass is 16.5. The summed E-state index contributed by atoms with van der Waals surface area (Å²) in [4.78, 5) is 12.4. The monoisotopic (exact) mass is 292 g/mol. The molecule has 0 radical (unpaired) electrons. The zero-order chi connectivity index (χ0) is 15.9. The van der Waals surface area contributed by atoms with Crippen LogP contribution in [0.3, 0.4) is 0 Å². The third-order valence-corrected chi connectivity index (χ3v) is 3.75. The number of hydrogen-bond acceptors (Lipinski definition) is 3. The number of aliphatic hydroxyl groups is 1. The van der Waals surface area contributed by atoms with Crippen molar-refractivity contribution < 1.29 is 14.6 Å². The van der Waals surface area contributed by atoms with E-state index in [-0.39, 0.29) is 12.5 Å². The minimum absolute atomic E-state index is 0.238. The molecule has 1 rings (SSSR count). The minimum atomic E-state index is -1.45. The minimum Gasteiger partial charge on any atom is -0.464 e. The topological polar surface area (TPSA) is 46.5 Å². The van der Waals surface area contributed by atoms with E-state index < -0.39 is 11.6 Å². The molecule has 2 unspecified atom stereocenters. The van der Waals surface area contributed by atoms with Crippen LogP contribution in [-0.2, 0) is 9.53 Å². The number of ether oxygens (including phenoxy) is 1. The first-order chi connectivity index (χ1) is 9.95. The van der Waals surface area contributed by atoms with Crippen molar-refractivity contribution in [3.05, 3.63) is 35.9 Å². The first-order valence-electron chi connectivity index (χ1n) is 7.90. The van der Waals surface area contributed by atoms with Gasteiger partial charge in [0.1, 0.15) is 0 Å². The van der Waals surface area contributed by atoms with Gasteiger partial charge in [0, 0.05) is 5.92 Å². The summed E-state index contributed by atoms with van der Waals surface area (Å²) < 4.78 is 5.15. The van der Waals surface area contributed by atoms with Gasteiger partial charge in [-0.2, -0.15) is 0 Å². The second-order valence-corrected chi connectivity index (χ2v) is 5.99. The van der Waals surface area contributed by atoms with Gasteiger partial charge < -0.3 is 9.84 Å². The predicted octanol–water partition coefficient (Wildman–Crippen LogP) is 3.91. The molecule has 2 atom stereocenters. The largest absolute Gasteiger partial charge is 0.464 e. The molecule has 0 bridgehead atoms. The van der Waals surface area contributed by atoms with E-state index in [1.165, 1.54) is 0 Å². The predicted molar refractivity (Wildman–Crippen MR) is 85.1 cm³/mol. The molecule has 0 aromatic heterocycles. The first-order valence-corrected chi connectivity index (χ1v) is 7.90. The summed E-state index contributed by atoms with van der Waals surface area (Å²) in [6.45, 7) is 8.24. The Morgan fingerprint density at radius 1 is 1.24 bits per heavy atom. The lowest BCUT2D eigenvalue weighted by Crippen LogP contribution is -2.46. The van der Waals surface area contributed by atoms with Crippen molar-refractivity contribution in [2.45, 2.75) is 58.5 Å². The molecule has 1 aromatic carbocycles. The Morgan fingerprint density at radius 3 is 2.33 bits per heavy atom. The van der Waals surface area contributed by atoms with Gasteiger partial charge in [0.25, 0.3) is 0 Å². The second kappa shape index (κ2) is 8.18. The van der Waals surface area contributed by atoms with Crippen LogP contribution in [0.25, 0.3) is 0 Å². The van der Waals surface area contributed by atoms with Crippen LogP contribution < -0.4 is 0 Å². The van der Waals surface area contributed by atoms with E-state index in [9.17, 15) is 9.90 Å². The smallest absolute Gasteiger partial charge is 0.338 e. The number of rotatable bonds is 8. The fourth-order valence-electron chi connectivity index (χ4n) is 2.82. The van der Waals surface area contributed by atoms with Gasteiger partial charge in [-0.25, -0.2) is 4.79 Å². The quantitative estimate of drug-likeness (QED) is 0.739. The molecular formula is C18H28O3. The standard InChI is InChI=1S/C18H28O3/c1-5-12-18(20,17(19)21-6-2)16(13-14(3)4)15-10-8-7-9-11-15/h7-11,14,16,20H,5-6,12-13H2,1-4H3. The lowest BCUT2D eigenvalue weighted by Gasteiger charge is -2.35. The highest BCUT2D eigenvalue weighted by molar-refractivity contribution is 5.80. The number of carbonyl (C=O) groups excluding carboxylic acids is 1. The van der Waals surface area contributed by atoms with Crippen LogP contribution in [0.4, 0.5) is 0 Å². The highest BCUT2D eigenvalue weighted by Gasteiger charge is 2.45. The van der Waals surface area contributed by atoms with Gasteiger partial charge in [-0.05, 0) is 31.2 Å². The summed E-state index contributed by atoms with van der Waals surface area (Å²) in [6, 6.07) is 9.79. The molecule has 0 fully saturated rings. The molecule has 1 N–H and O–H groups in total. The zero-order valence-electron chi connectivity index (χ0n) is 13.6. The maximum absolute atomic E-state index is 12.4. The van der Waals surface area contributed by atoms with E-state index >= 15 is 0 Å². The molecule has 0 heterocycles. The molecule has 21 heavy (non-hydrogen) atoms. The van der Waals surface area contributed by atoms with Gasteiger partial charge in [-0.3, -0.25) is 0 Å². The van der Waals surface area contributed by atoms with E-state index in [1.54, 1.807) is 6.92 Å². The van der Waals surface area contributed by atoms with E-state index in [1.807, 2.05) is 37.3 Å². The molecule has 0 aliphatic carbocycles. The van der Waals surface area contributed by atoms with E-state index in [4.69, 9.17) is 4.74 Å². The van der Waals surface area contributed by atoms with Crippen LogP contribution in [0.1, 0.15) is 58.4 Å². The van der Waals surface area contributed by atoms with Gasteiger partial charge in [-0.15, -0.1) is 0 Å². The van der Waals surface area contributed by atoms with Gasteiger partial charge in [-0.1, -0.05) is 57.5 Å². The van der Waals surface area contributed by atoms with Gasteiger partial charge in [0.05, 0.1) is 6.61 Å². The fourth-order valence-corrected chi connectivity index (χ4v) is 2.82. The van der Waals surface area contributed by atoms with Gasteiger partial charge in [0.2, 0.25) is 0 Å². The molecule has 1 aromatic rings. The van der Waals surface area contributed by atoms with Crippen molar-refractivity contribution >= 4 is 5.97 Å². The fraction of sp³-hybridized carbons (Fsp3) is 0.611. The molecule has 0 saturated heterocycles. The van der Waals surface area contributed by atoms with Crippen LogP contribution in [0, 0.1) is 5.92 Å². The third-order valence-electron chi connectivity index (χ3n) is 3.75. The third kappa shape index (κ3) is 4.57. The maximum atomic E-state index is 12.4. The van der Waals surface area contributed by atoms with Crippen LogP contribution in [-0.4, -0.2) is 23.3 Å². The van der Waals surface area contributed by atoms with E-state index in [0.29, 0.717) is 12.3 Å². The second-order valence-electron chi connectivity index (χ2n) is 5.99. The van der Waals surface area contributed by atoms with Crippen molar-refractivity contribution in [3.8, 4) is 0 Å². The lowest BCUT2D eigenvalue weighted by molar-refractivity contribution is -0.169. The Balaban J connectivity index is 3.20. The Labute approximate surface area is 128 Å². The summed E-state index contributed by atoms with van der Waals surface area (Å²) in [5.74, 6) is -0.355. The zero-order valence-corrected chi connectivity index (χ0v) is 13.6. The van der Waals surface area contributed by atoms with Crippen LogP contribution in [0.15, 0.2) is 30.3 Å². The summed E-state index contributed by atoms with van der Waals surface area (Å²) in [7, 11) is 0. The molecule has 0 amide bonds. The van der Waals surface area contributed by atoms with Crippen LogP contribution in [0.2, 0.25) is 0 Å². The average molecular weight is 292 g/mol. The molecule has 0 saturated carbocycles. The van der Waals surface area contributed by atoms with Crippen molar-refractivity contribution in [2.24, 2.45) is 5.92 Å². The summed E-state index contributed by atoms with van der Waals surface area (Å²) in [5.41, 5.74) is -0.452. The summed E-state index contributed by atoms with van der Waals surface area (Å²) >= 11 is 0. The molecule has 3 heteroatoms. The van der Waals surface area contributed by atoms with Gasteiger partial charge >= 0.3 is 5.97 Å². The summed E-state index contributed by atoms with van der Waals surface area (Å²) in [5, 5.41) is 11.1. The SMILES string of the molecule is CCCC(O)(C(=O)OCC)C(CC(C)C)c1ccccc1. The number of hydrogen-bond donors (Lipinski definition) is 1.